The molecule has 1 atom stereocenters. The van der Waals surface area contributed by atoms with Crippen molar-refractivity contribution >= 4 is 28.3 Å². The number of carbonyl (C=O) groups is 1. The number of ether oxygens (including phenoxy) is 1. The lowest BCUT2D eigenvalue weighted by molar-refractivity contribution is -0.0229. The minimum Gasteiger partial charge on any atom is -0.367 e. The second kappa shape index (κ2) is 6.93. The average molecular weight is 400 g/mol. The zero-order chi connectivity index (χ0) is 20.1. The minimum atomic E-state index is -0.170. The molecule has 0 spiro atoms. The van der Waals surface area contributed by atoms with E-state index in [0.29, 0.717) is 25.3 Å². The Morgan fingerprint density at radius 3 is 2.82 bits per heavy atom. The van der Waals surface area contributed by atoms with Crippen LogP contribution in [0.25, 0.3) is 11.0 Å². The summed E-state index contributed by atoms with van der Waals surface area (Å²) in [6, 6.07) is 1.93. The molecule has 8 heteroatoms. The number of hydrogen-bond acceptors (Lipinski definition) is 6. The van der Waals surface area contributed by atoms with Gasteiger partial charge in [0.25, 0.3) is 5.91 Å². The van der Waals surface area contributed by atoms with Crippen LogP contribution in [-0.4, -0.2) is 50.3 Å². The van der Waals surface area contributed by atoms with E-state index in [1.165, 1.54) is 0 Å². The molecule has 148 valence electrons. The number of fused-ring (bicyclic) bond motifs is 1. The van der Waals surface area contributed by atoms with E-state index in [1.807, 2.05) is 30.3 Å². The number of thiazole rings is 1. The van der Waals surface area contributed by atoms with Crippen molar-refractivity contribution in [2.75, 3.05) is 19.7 Å². The molecule has 3 aromatic heterocycles. The fourth-order valence-corrected chi connectivity index (χ4v) is 4.33. The maximum absolute atomic E-state index is 13.2. The molecule has 4 rings (SSSR count). The maximum atomic E-state index is 13.2. The Kier molecular flexibility index (Phi) is 4.71. The van der Waals surface area contributed by atoms with Crippen LogP contribution in [0, 0.1) is 6.92 Å². The van der Waals surface area contributed by atoms with Crippen molar-refractivity contribution in [1.82, 2.24) is 24.6 Å². The van der Waals surface area contributed by atoms with Crippen LogP contribution in [0.4, 0.5) is 0 Å². The van der Waals surface area contributed by atoms with Crippen molar-refractivity contribution in [3.63, 3.8) is 0 Å². The number of aryl methyl sites for hydroxylation is 2. The molecule has 1 fully saturated rings. The molecule has 28 heavy (non-hydrogen) atoms. The summed E-state index contributed by atoms with van der Waals surface area (Å²) in [5.74, 6) is -0.0281. The Labute approximate surface area is 168 Å². The predicted octanol–water partition coefficient (Wildman–Crippen LogP) is 3.24. The van der Waals surface area contributed by atoms with E-state index in [9.17, 15) is 4.79 Å². The largest absolute Gasteiger partial charge is 0.367 e. The number of amides is 1. The summed E-state index contributed by atoms with van der Waals surface area (Å²) in [5, 5.41) is 8.49. The van der Waals surface area contributed by atoms with E-state index in [1.54, 1.807) is 22.2 Å². The van der Waals surface area contributed by atoms with Gasteiger partial charge < -0.3 is 9.64 Å². The van der Waals surface area contributed by atoms with Gasteiger partial charge in [0, 0.05) is 41.7 Å². The molecule has 0 N–H and O–H groups in total. The highest BCUT2D eigenvalue weighted by molar-refractivity contribution is 7.09. The van der Waals surface area contributed by atoms with Crippen molar-refractivity contribution < 1.29 is 9.53 Å². The first kappa shape index (κ1) is 19.0. The summed E-state index contributed by atoms with van der Waals surface area (Å²) in [5.41, 5.74) is 3.18. The highest BCUT2D eigenvalue weighted by Crippen LogP contribution is 2.30. The van der Waals surface area contributed by atoms with Gasteiger partial charge in [-0.1, -0.05) is 20.8 Å². The standard InChI is InChI=1S/C20H25N5O2S/c1-12-11-28-18(22-12)15-10-25(6-7-27-15)19(26)13-8-14-16(20(2,3)4)23-24(5)17(14)21-9-13/h8-9,11,15H,6-7,10H2,1-5H3. The molecule has 1 amide bonds. The summed E-state index contributed by atoms with van der Waals surface area (Å²) in [4.78, 5) is 24.1. The van der Waals surface area contributed by atoms with Crippen molar-refractivity contribution in [2.45, 2.75) is 39.2 Å². The third-order valence-electron chi connectivity index (χ3n) is 4.90. The first-order valence-electron chi connectivity index (χ1n) is 9.40. The molecule has 4 heterocycles. The zero-order valence-corrected chi connectivity index (χ0v) is 17.7. The predicted molar refractivity (Wildman–Crippen MR) is 109 cm³/mol. The van der Waals surface area contributed by atoms with E-state index in [4.69, 9.17) is 4.74 Å². The molecule has 1 aliphatic rings. The van der Waals surface area contributed by atoms with Crippen molar-refractivity contribution in [3.8, 4) is 0 Å². The Balaban J connectivity index is 1.63. The summed E-state index contributed by atoms with van der Waals surface area (Å²) < 4.78 is 7.63. The third kappa shape index (κ3) is 3.42. The van der Waals surface area contributed by atoms with Gasteiger partial charge >= 0.3 is 0 Å². The first-order chi connectivity index (χ1) is 13.2. The van der Waals surface area contributed by atoms with Gasteiger partial charge in [-0.25, -0.2) is 9.97 Å². The van der Waals surface area contributed by atoms with Gasteiger partial charge in [-0.2, -0.15) is 5.10 Å². The van der Waals surface area contributed by atoms with Crippen LogP contribution in [-0.2, 0) is 17.2 Å². The van der Waals surface area contributed by atoms with Crippen LogP contribution < -0.4 is 0 Å². The quantitative estimate of drug-likeness (QED) is 0.661. The lowest BCUT2D eigenvalue weighted by Gasteiger charge is -2.32. The normalized spacial score (nSPS) is 18.0. The Hall–Kier alpha value is -2.32. The molecule has 0 saturated carbocycles. The van der Waals surface area contributed by atoms with Crippen LogP contribution in [0.15, 0.2) is 17.6 Å². The number of hydrogen-bond donors (Lipinski definition) is 0. The summed E-state index contributed by atoms with van der Waals surface area (Å²) in [6.45, 7) is 9.89. The van der Waals surface area contributed by atoms with Gasteiger partial charge in [0.2, 0.25) is 0 Å². The summed E-state index contributed by atoms with van der Waals surface area (Å²) >= 11 is 1.58. The summed E-state index contributed by atoms with van der Waals surface area (Å²) in [7, 11) is 1.88. The van der Waals surface area contributed by atoms with Gasteiger partial charge in [-0.05, 0) is 13.0 Å². The van der Waals surface area contributed by atoms with E-state index < -0.39 is 0 Å². The van der Waals surface area contributed by atoms with Crippen LogP contribution in [0.5, 0.6) is 0 Å². The van der Waals surface area contributed by atoms with Crippen molar-refractivity contribution in [2.24, 2.45) is 7.05 Å². The van der Waals surface area contributed by atoms with E-state index in [0.717, 1.165) is 27.4 Å². The number of pyridine rings is 1. The molecule has 0 bridgehead atoms. The van der Waals surface area contributed by atoms with Crippen LogP contribution >= 0.6 is 11.3 Å². The van der Waals surface area contributed by atoms with Crippen LogP contribution in [0.3, 0.4) is 0 Å². The van der Waals surface area contributed by atoms with E-state index in [-0.39, 0.29) is 17.4 Å². The SMILES string of the molecule is Cc1csc(C2CN(C(=O)c3cnc4c(c3)c(C(C)(C)C)nn4C)CCO2)n1. The highest BCUT2D eigenvalue weighted by Gasteiger charge is 2.29. The lowest BCUT2D eigenvalue weighted by atomic mass is 9.90. The second-order valence-corrected chi connectivity index (χ2v) is 9.14. The second-order valence-electron chi connectivity index (χ2n) is 8.26. The smallest absolute Gasteiger partial charge is 0.255 e. The van der Waals surface area contributed by atoms with Crippen molar-refractivity contribution in [3.05, 3.63) is 39.6 Å². The Bertz CT molecular complexity index is 1030. The number of carbonyl (C=O) groups excluding carboxylic acids is 1. The van der Waals surface area contributed by atoms with Gasteiger partial charge in [0.1, 0.15) is 11.1 Å². The molecular formula is C20H25N5O2S. The molecular weight excluding hydrogens is 374 g/mol. The van der Waals surface area contributed by atoms with Gasteiger partial charge in [0.05, 0.1) is 24.4 Å². The molecule has 3 aromatic rings. The molecule has 0 radical (unpaired) electrons. The van der Waals surface area contributed by atoms with E-state index in [2.05, 4.69) is 35.8 Å². The molecule has 1 unspecified atom stereocenters. The van der Waals surface area contributed by atoms with Crippen molar-refractivity contribution in [1.29, 1.82) is 0 Å². The van der Waals surface area contributed by atoms with Gasteiger partial charge in [0.15, 0.2) is 5.65 Å². The number of nitrogens with zero attached hydrogens (tertiary/aromatic N) is 5. The Morgan fingerprint density at radius 2 is 2.14 bits per heavy atom. The Morgan fingerprint density at radius 1 is 1.36 bits per heavy atom. The topological polar surface area (TPSA) is 73.1 Å². The fraction of sp³-hybridized carbons (Fsp3) is 0.500. The molecule has 1 aliphatic heterocycles. The monoisotopic (exact) mass is 399 g/mol. The number of morpholine rings is 1. The molecule has 0 aromatic carbocycles. The first-order valence-corrected chi connectivity index (χ1v) is 10.3. The minimum absolute atomic E-state index is 0.0281. The van der Waals surface area contributed by atoms with Crippen LogP contribution in [0.2, 0.25) is 0 Å². The molecule has 7 nitrogen and oxygen atoms in total. The van der Waals surface area contributed by atoms with E-state index >= 15 is 0 Å². The average Bonchev–Trinajstić information content (AvgIpc) is 3.24. The van der Waals surface area contributed by atoms with Gasteiger partial charge in [-0.15, -0.1) is 11.3 Å². The maximum Gasteiger partial charge on any atom is 0.255 e. The number of aromatic nitrogens is 4. The fourth-order valence-electron chi connectivity index (χ4n) is 3.50. The van der Waals surface area contributed by atoms with Crippen LogP contribution in [0.1, 0.15) is 53.6 Å². The number of rotatable bonds is 2. The molecule has 0 aliphatic carbocycles. The third-order valence-corrected chi connectivity index (χ3v) is 5.96. The summed E-state index contributed by atoms with van der Waals surface area (Å²) in [6.07, 6.45) is 1.48. The zero-order valence-electron chi connectivity index (χ0n) is 16.9. The highest BCUT2D eigenvalue weighted by atomic mass is 32.1. The lowest BCUT2D eigenvalue weighted by Crippen LogP contribution is -2.42. The molecule has 1 saturated heterocycles. The van der Waals surface area contributed by atoms with Gasteiger partial charge in [-0.3, -0.25) is 9.48 Å².